The fourth-order valence-electron chi connectivity index (χ4n) is 3.15. The Bertz CT molecular complexity index is 1150. The molecule has 0 aliphatic rings. The van der Waals surface area contributed by atoms with Crippen LogP contribution < -0.4 is 5.32 Å². The minimum atomic E-state index is -0.168. The van der Waals surface area contributed by atoms with Crippen molar-refractivity contribution in [3.8, 4) is 11.3 Å². The van der Waals surface area contributed by atoms with Crippen LogP contribution in [0.2, 0.25) is 0 Å². The highest BCUT2D eigenvalue weighted by Crippen LogP contribution is 2.22. The normalized spacial score (nSPS) is 12.1. The molecule has 1 amide bonds. The summed E-state index contributed by atoms with van der Waals surface area (Å²) in [6.07, 6.45) is 5.50. The van der Waals surface area contributed by atoms with Gasteiger partial charge in [-0.15, -0.1) is 0 Å². The third kappa shape index (κ3) is 3.51. The molecule has 1 aromatic carbocycles. The third-order valence-electron chi connectivity index (χ3n) is 4.99. The Balaban J connectivity index is 1.59. The maximum absolute atomic E-state index is 12.7. The van der Waals surface area contributed by atoms with E-state index in [0.717, 1.165) is 22.6 Å². The first-order valence-electron chi connectivity index (χ1n) is 9.29. The lowest BCUT2D eigenvalue weighted by molar-refractivity contribution is 0.0938. The first-order valence-corrected chi connectivity index (χ1v) is 9.29. The maximum Gasteiger partial charge on any atom is 0.253 e. The summed E-state index contributed by atoms with van der Waals surface area (Å²) in [6, 6.07) is 15.5. The average molecular weight is 370 g/mol. The van der Waals surface area contributed by atoms with Gasteiger partial charge in [-0.3, -0.25) is 9.78 Å². The van der Waals surface area contributed by atoms with Crippen molar-refractivity contribution in [2.45, 2.75) is 26.8 Å². The molecule has 3 heterocycles. The van der Waals surface area contributed by atoms with Crippen molar-refractivity contribution in [1.82, 2.24) is 19.7 Å². The van der Waals surface area contributed by atoms with E-state index in [9.17, 15) is 4.79 Å². The van der Waals surface area contributed by atoms with E-state index in [-0.39, 0.29) is 11.9 Å². The molecular weight excluding hydrogens is 348 g/mol. The lowest BCUT2D eigenvalue weighted by atomic mass is 10.1. The zero-order valence-electron chi connectivity index (χ0n) is 16.2. The smallest absolute Gasteiger partial charge is 0.253 e. The van der Waals surface area contributed by atoms with Crippen LogP contribution in [-0.2, 0) is 0 Å². The van der Waals surface area contributed by atoms with Crippen molar-refractivity contribution in [3.63, 3.8) is 0 Å². The zero-order chi connectivity index (χ0) is 19.7. The summed E-state index contributed by atoms with van der Waals surface area (Å²) in [6.45, 7) is 6.12. The SMILES string of the molecule is Cc1ccc(-c2cn3cc(C(=O)N[C@H](C)c4ccccn4)ccc3n2)cc1C. The van der Waals surface area contributed by atoms with Crippen molar-refractivity contribution in [1.29, 1.82) is 0 Å². The second kappa shape index (κ2) is 7.27. The number of amides is 1. The number of fused-ring (bicyclic) bond motifs is 1. The predicted molar refractivity (Wildman–Crippen MR) is 110 cm³/mol. The molecule has 0 saturated heterocycles. The molecule has 4 aromatic rings. The first kappa shape index (κ1) is 17.9. The molecule has 0 aliphatic heterocycles. The highest BCUT2D eigenvalue weighted by atomic mass is 16.1. The molecule has 0 fully saturated rings. The number of aryl methyl sites for hydroxylation is 2. The molecule has 0 radical (unpaired) electrons. The number of carbonyl (C=O) groups is 1. The Kier molecular flexibility index (Phi) is 4.65. The fraction of sp³-hybridized carbons (Fsp3) is 0.174. The van der Waals surface area contributed by atoms with E-state index < -0.39 is 0 Å². The molecule has 140 valence electrons. The summed E-state index contributed by atoms with van der Waals surface area (Å²) in [5.74, 6) is -0.138. The van der Waals surface area contributed by atoms with Crippen LogP contribution in [-0.4, -0.2) is 20.3 Å². The molecule has 0 saturated carbocycles. The van der Waals surface area contributed by atoms with Gasteiger partial charge in [0.05, 0.1) is 23.0 Å². The van der Waals surface area contributed by atoms with E-state index in [0.29, 0.717) is 5.56 Å². The van der Waals surface area contributed by atoms with Gasteiger partial charge in [-0.25, -0.2) is 4.98 Å². The Morgan fingerprint density at radius 1 is 1.04 bits per heavy atom. The van der Waals surface area contributed by atoms with Gasteiger partial charge < -0.3 is 9.72 Å². The van der Waals surface area contributed by atoms with E-state index in [1.807, 2.05) is 48.0 Å². The number of imidazole rings is 1. The van der Waals surface area contributed by atoms with Gasteiger partial charge in [-0.2, -0.15) is 0 Å². The van der Waals surface area contributed by atoms with E-state index in [1.54, 1.807) is 12.3 Å². The van der Waals surface area contributed by atoms with Crippen LogP contribution in [0.5, 0.6) is 0 Å². The standard InChI is InChI=1S/C23H22N4O/c1-15-7-8-18(12-16(15)2)21-14-27-13-19(9-10-22(27)26-21)23(28)25-17(3)20-6-4-5-11-24-20/h4-14,17H,1-3H3,(H,25,28)/t17-/m1/s1. The summed E-state index contributed by atoms with van der Waals surface area (Å²) in [5, 5.41) is 2.99. The molecule has 0 spiro atoms. The van der Waals surface area contributed by atoms with E-state index >= 15 is 0 Å². The van der Waals surface area contributed by atoms with Gasteiger partial charge >= 0.3 is 0 Å². The van der Waals surface area contributed by atoms with Crippen LogP contribution in [0.1, 0.15) is 40.1 Å². The van der Waals surface area contributed by atoms with Gasteiger partial charge in [0.25, 0.3) is 5.91 Å². The van der Waals surface area contributed by atoms with Crippen LogP contribution >= 0.6 is 0 Å². The predicted octanol–water partition coefficient (Wildman–Crippen LogP) is 4.50. The molecule has 5 heteroatoms. The number of pyridine rings is 2. The monoisotopic (exact) mass is 370 g/mol. The van der Waals surface area contributed by atoms with Gasteiger partial charge in [-0.1, -0.05) is 18.2 Å². The van der Waals surface area contributed by atoms with E-state index in [1.165, 1.54) is 11.1 Å². The Morgan fingerprint density at radius 3 is 2.64 bits per heavy atom. The Labute approximate surface area is 164 Å². The highest BCUT2D eigenvalue weighted by molar-refractivity contribution is 5.94. The molecule has 0 unspecified atom stereocenters. The fourth-order valence-corrected chi connectivity index (χ4v) is 3.15. The van der Waals surface area contributed by atoms with Gasteiger partial charge in [0, 0.05) is 24.2 Å². The third-order valence-corrected chi connectivity index (χ3v) is 4.99. The topological polar surface area (TPSA) is 59.3 Å². The highest BCUT2D eigenvalue weighted by Gasteiger charge is 2.14. The summed E-state index contributed by atoms with van der Waals surface area (Å²) >= 11 is 0. The van der Waals surface area contributed by atoms with Gasteiger partial charge in [0.1, 0.15) is 5.65 Å². The van der Waals surface area contributed by atoms with Gasteiger partial charge in [0.15, 0.2) is 0 Å². The molecule has 5 nitrogen and oxygen atoms in total. The second-order valence-corrected chi connectivity index (χ2v) is 7.06. The van der Waals surface area contributed by atoms with Crippen molar-refractivity contribution in [2.24, 2.45) is 0 Å². The molecule has 0 aliphatic carbocycles. The molecule has 4 rings (SSSR count). The van der Waals surface area contributed by atoms with Crippen molar-refractivity contribution in [2.75, 3.05) is 0 Å². The van der Waals surface area contributed by atoms with E-state index in [4.69, 9.17) is 0 Å². The van der Waals surface area contributed by atoms with Gasteiger partial charge in [0.2, 0.25) is 0 Å². The molecule has 0 bridgehead atoms. The van der Waals surface area contributed by atoms with Crippen LogP contribution in [0, 0.1) is 13.8 Å². The minimum absolute atomic E-state index is 0.138. The van der Waals surface area contributed by atoms with Crippen LogP contribution in [0.4, 0.5) is 0 Å². The maximum atomic E-state index is 12.7. The second-order valence-electron chi connectivity index (χ2n) is 7.06. The number of rotatable bonds is 4. The van der Waals surface area contributed by atoms with Crippen molar-refractivity contribution in [3.05, 3.63) is 89.5 Å². The van der Waals surface area contributed by atoms with Crippen LogP contribution in [0.25, 0.3) is 16.9 Å². The summed E-state index contributed by atoms with van der Waals surface area (Å²) in [7, 11) is 0. The lowest BCUT2D eigenvalue weighted by Gasteiger charge is -2.13. The van der Waals surface area contributed by atoms with Crippen LogP contribution in [0.3, 0.4) is 0 Å². The molecule has 1 atom stereocenters. The number of aromatic nitrogens is 3. The number of nitrogens with zero attached hydrogens (tertiary/aromatic N) is 3. The Hall–Kier alpha value is -3.47. The zero-order valence-corrected chi connectivity index (χ0v) is 16.2. The average Bonchev–Trinajstić information content (AvgIpc) is 3.14. The van der Waals surface area contributed by atoms with Gasteiger partial charge in [-0.05, 0) is 62.2 Å². The Morgan fingerprint density at radius 2 is 1.89 bits per heavy atom. The van der Waals surface area contributed by atoms with Crippen LogP contribution in [0.15, 0.2) is 67.1 Å². The largest absolute Gasteiger partial charge is 0.344 e. The molecule has 28 heavy (non-hydrogen) atoms. The number of hydrogen-bond donors (Lipinski definition) is 1. The lowest BCUT2D eigenvalue weighted by Crippen LogP contribution is -2.27. The number of hydrogen-bond acceptors (Lipinski definition) is 3. The molecular formula is C23H22N4O. The first-order chi connectivity index (χ1) is 13.5. The molecule has 1 N–H and O–H groups in total. The summed E-state index contributed by atoms with van der Waals surface area (Å²) < 4.78 is 1.89. The molecule has 3 aromatic heterocycles. The number of carbonyl (C=O) groups excluding carboxylic acids is 1. The number of benzene rings is 1. The summed E-state index contributed by atoms with van der Waals surface area (Å²) in [5.41, 5.74) is 6.68. The van der Waals surface area contributed by atoms with Crippen molar-refractivity contribution < 1.29 is 4.79 Å². The van der Waals surface area contributed by atoms with Crippen molar-refractivity contribution >= 4 is 11.6 Å². The minimum Gasteiger partial charge on any atom is -0.344 e. The van der Waals surface area contributed by atoms with E-state index in [2.05, 4.69) is 47.3 Å². The summed E-state index contributed by atoms with van der Waals surface area (Å²) in [4.78, 5) is 21.6. The number of nitrogens with one attached hydrogen (secondary N) is 1. The quantitative estimate of drug-likeness (QED) is 0.575.